The van der Waals surface area contributed by atoms with E-state index >= 15 is 0 Å². The molecule has 9 heteroatoms. The minimum Gasteiger partial charge on any atom is -0.396 e. The Morgan fingerprint density at radius 1 is 0.957 bits per heavy atom. The predicted octanol–water partition coefficient (Wildman–Crippen LogP) is 5.40. The molecule has 9 nitrogen and oxygen atoms in total. The molecule has 0 radical (unpaired) electrons. The van der Waals surface area contributed by atoms with E-state index in [0.717, 1.165) is 44.8 Å². The Bertz CT molecular complexity index is 1060. The third-order valence-corrected chi connectivity index (χ3v) is 13.4. The molecule has 0 aliphatic carbocycles. The monoisotopic (exact) mass is 652 g/mol. The van der Waals surface area contributed by atoms with Crippen molar-refractivity contribution in [2.24, 2.45) is 41.4 Å². The Kier molecular flexibility index (Phi) is 10.8. The highest BCUT2D eigenvalue weighted by molar-refractivity contribution is 5.53. The summed E-state index contributed by atoms with van der Waals surface area (Å²) < 4.78 is 34.2. The van der Waals surface area contributed by atoms with E-state index in [0.29, 0.717) is 25.2 Å². The van der Waals surface area contributed by atoms with Crippen molar-refractivity contribution in [3.63, 3.8) is 0 Å². The fraction of sp³-hybridized carbons (Fsp3) is 0.973. The molecule has 5 heterocycles. The summed E-state index contributed by atoms with van der Waals surface area (Å²) in [5, 5.41) is 32.6. The fourth-order valence-corrected chi connectivity index (χ4v) is 10.1. The van der Waals surface area contributed by atoms with Crippen LogP contribution in [-0.2, 0) is 28.5 Å². The maximum Gasteiger partial charge on any atom is 0.172 e. The van der Waals surface area contributed by atoms with Gasteiger partial charge in [-0.1, -0.05) is 55.4 Å². The van der Waals surface area contributed by atoms with Crippen molar-refractivity contribution in [2.45, 2.75) is 180 Å². The molecule has 17 atom stereocenters. The molecule has 0 amide bonds. The van der Waals surface area contributed by atoms with Gasteiger partial charge in [-0.15, -0.1) is 0 Å². The number of ether oxygens (including phenoxy) is 5. The molecular weight excluding hydrogens is 588 g/mol. The average molecular weight is 653 g/mol. The Hall–Kier alpha value is -0.650. The lowest BCUT2D eigenvalue weighted by atomic mass is 9.74. The normalized spacial score (nSPS) is 51.7. The van der Waals surface area contributed by atoms with Crippen LogP contribution in [-0.4, -0.2) is 87.6 Å². The molecular formula is C37H64O9. The molecule has 14 unspecified atom stereocenters. The minimum atomic E-state index is -1.11. The first-order valence-corrected chi connectivity index (χ1v) is 18.5. The van der Waals surface area contributed by atoms with Gasteiger partial charge in [0.2, 0.25) is 0 Å². The van der Waals surface area contributed by atoms with Crippen molar-refractivity contribution in [3.05, 3.63) is 0 Å². The summed E-state index contributed by atoms with van der Waals surface area (Å²) in [6.07, 6.45) is 6.15. The zero-order chi connectivity index (χ0) is 33.8. The Morgan fingerprint density at radius 3 is 2.30 bits per heavy atom. The summed E-state index contributed by atoms with van der Waals surface area (Å²) in [6.45, 7) is 18.6. The quantitative estimate of drug-likeness (QED) is 0.266. The lowest BCUT2D eigenvalue weighted by Crippen LogP contribution is -2.56. The molecule has 46 heavy (non-hydrogen) atoms. The van der Waals surface area contributed by atoms with Gasteiger partial charge in [0.25, 0.3) is 0 Å². The number of aliphatic hydroxyl groups is 3. The molecule has 5 rings (SSSR count). The summed E-state index contributed by atoms with van der Waals surface area (Å²) in [5.41, 5.74) is -1.03. The average Bonchev–Trinajstić information content (AvgIpc) is 3.73. The van der Waals surface area contributed by atoms with E-state index in [2.05, 4.69) is 34.6 Å². The van der Waals surface area contributed by atoms with Gasteiger partial charge in [0.05, 0.1) is 47.8 Å². The van der Waals surface area contributed by atoms with E-state index in [9.17, 15) is 20.1 Å². The number of carbonyl (C=O) groups is 1. The van der Waals surface area contributed by atoms with Crippen LogP contribution in [0.25, 0.3) is 0 Å². The maximum atomic E-state index is 11.6. The zero-order valence-corrected chi connectivity index (χ0v) is 29.9. The molecule has 0 aromatic rings. The van der Waals surface area contributed by atoms with Crippen LogP contribution >= 0.6 is 0 Å². The van der Waals surface area contributed by atoms with E-state index in [1.165, 1.54) is 0 Å². The van der Waals surface area contributed by atoms with Crippen LogP contribution in [0, 0.1) is 41.4 Å². The van der Waals surface area contributed by atoms with E-state index in [4.69, 9.17) is 23.7 Å². The molecule has 1 spiro atoms. The van der Waals surface area contributed by atoms with Crippen LogP contribution in [0.4, 0.5) is 0 Å². The first kappa shape index (κ1) is 36.6. The number of hydrogen-bond acceptors (Lipinski definition) is 9. The predicted molar refractivity (Wildman–Crippen MR) is 174 cm³/mol. The van der Waals surface area contributed by atoms with Crippen molar-refractivity contribution >= 4 is 6.29 Å². The first-order valence-electron chi connectivity index (χ1n) is 18.5. The molecule has 266 valence electrons. The molecule has 5 saturated heterocycles. The van der Waals surface area contributed by atoms with Crippen molar-refractivity contribution in [2.75, 3.05) is 6.61 Å². The second-order valence-corrected chi connectivity index (χ2v) is 16.5. The van der Waals surface area contributed by atoms with Gasteiger partial charge >= 0.3 is 0 Å². The standard InChI is InChI=1S/C37H64O9/c1-10-35(33-22(4)17-29(42-33)31-21(3)16-24(6)37(41,11-2)45-31)13-12-30(43-35)34(9)14-15-36(46-34)18-28(40)26(8)32(44-36)25(7)27(20-39)23(5)19-38/h19,21-33,39-41H,10-18,20H2,1-9H3/t21?,22-,23?,24?,25?,26?,27?,28?,29+,30?,31?,32?,33?,34?,35?,36+,37?/m0/s1. The highest BCUT2D eigenvalue weighted by atomic mass is 16.7. The van der Waals surface area contributed by atoms with Crippen LogP contribution in [0.5, 0.6) is 0 Å². The number of aldehydes is 1. The summed E-state index contributed by atoms with van der Waals surface area (Å²) in [7, 11) is 0. The Morgan fingerprint density at radius 2 is 1.67 bits per heavy atom. The maximum absolute atomic E-state index is 11.6. The topological polar surface area (TPSA) is 124 Å². The largest absolute Gasteiger partial charge is 0.396 e. The van der Waals surface area contributed by atoms with E-state index in [1.807, 2.05) is 27.7 Å². The third kappa shape index (κ3) is 6.38. The van der Waals surface area contributed by atoms with Crippen molar-refractivity contribution in [1.82, 2.24) is 0 Å². The van der Waals surface area contributed by atoms with Gasteiger partial charge in [0, 0.05) is 37.2 Å². The van der Waals surface area contributed by atoms with Gasteiger partial charge in [-0.3, -0.25) is 0 Å². The van der Waals surface area contributed by atoms with Crippen LogP contribution in [0.15, 0.2) is 0 Å². The van der Waals surface area contributed by atoms with Crippen LogP contribution in [0.1, 0.15) is 120 Å². The number of hydrogen-bond donors (Lipinski definition) is 3. The minimum absolute atomic E-state index is 0.0783. The number of carbonyl (C=O) groups excluding carboxylic acids is 1. The lowest BCUT2D eigenvalue weighted by Gasteiger charge is -2.49. The summed E-state index contributed by atoms with van der Waals surface area (Å²) in [5.74, 6) is -2.25. The molecule has 0 aromatic carbocycles. The second-order valence-electron chi connectivity index (χ2n) is 16.5. The van der Waals surface area contributed by atoms with Gasteiger partial charge in [0.1, 0.15) is 6.29 Å². The third-order valence-electron chi connectivity index (χ3n) is 13.4. The zero-order valence-electron chi connectivity index (χ0n) is 29.9. The molecule has 5 fully saturated rings. The highest BCUT2D eigenvalue weighted by Crippen LogP contribution is 2.55. The van der Waals surface area contributed by atoms with Gasteiger partial charge in [-0.05, 0) is 75.5 Å². The number of rotatable bonds is 10. The smallest absolute Gasteiger partial charge is 0.172 e. The molecule has 5 aliphatic heterocycles. The van der Waals surface area contributed by atoms with Gasteiger partial charge in [0.15, 0.2) is 11.6 Å². The van der Waals surface area contributed by atoms with E-state index < -0.39 is 28.9 Å². The SMILES string of the molecule is CCC1(O)OC([C@H]2C[C@H](C)C(C3(CC)CCC(C4(C)CC[C@]5(CC(O)C(C)C(C(C)C(CO)C(C)C=O)O5)O4)O3)O2)C(C)CC1C. The molecule has 0 saturated carbocycles. The fourth-order valence-electron chi connectivity index (χ4n) is 10.1. The van der Waals surface area contributed by atoms with Crippen LogP contribution < -0.4 is 0 Å². The van der Waals surface area contributed by atoms with Gasteiger partial charge in [-0.25, -0.2) is 0 Å². The van der Waals surface area contributed by atoms with Gasteiger partial charge in [-0.2, -0.15) is 0 Å². The van der Waals surface area contributed by atoms with Crippen LogP contribution in [0.2, 0.25) is 0 Å². The second kappa shape index (κ2) is 13.6. The van der Waals surface area contributed by atoms with Crippen molar-refractivity contribution in [3.8, 4) is 0 Å². The van der Waals surface area contributed by atoms with E-state index in [-0.39, 0.29) is 72.6 Å². The molecule has 5 aliphatic rings. The van der Waals surface area contributed by atoms with E-state index in [1.54, 1.807) is 0 Å². The Balaban J connectivity index is 1.29. The first-order chi connectivity index (χ1) is 21.6. The van der Waals surface area contributed by atoms with Gasteiger partial charge < -0.3 is 43.8 Å². The summed E-state index contributed by atoms with van der Waals surface area (Å²) >= 11 is 0. The Labute approximate surface area is 277 Å². The van der Waals surface area contributed by atoms with Crippen LogP contribution in [0.3, 0.4) is 0 Å². The number of aliphatic hydroxyl groups excluding tert-OH is 2. The van der Waals surface area contributed by atoms with Crippen molar-refractivity contribution in [1.29, 1.82) is 0 Å². The highest BCUT2D eigenvalue weighted by Gasteiger charge is 2.62. The molecule has 0 aromatic heterocycles. The summed E-state index contributed by atoms with van der Waals surface area (Å²) in [4.78, 5) is 11.6. The molecule has 0 bridgehead atoms. The lowest BCUT2D eigenvalue weighted by molar-refractivity contribution is -0.335. The summed E-state index contributed by atoms with van der Waals surface area (Å²) in [6, 6.07) is 0. The van der Waals surface area contributed by atoms with Crippen molar-refractivity contribution < 1.29 is 43.8 Å². The molecule has 3 N–H and O–H groups in total.